The summed E-state index contributed by atoms with van der Waals surface area (Å²) in [7, 11) is 0. The fourth-order valence-corrected chi connectivity index (χ4v) is 4.37. The molecule has 1 amide bonds. The molecule has 1 saturated heterocycles. The lowest BCUT2D eigenvalue weighted by Crippen LogP contribution is -2.48. The van der Waals surface area contributed by atoms with Gasteiger partial charge >= 0.3 is 6.18 Å². The van der Waals surface area contributed by atoms with Crippen molar-refractivity contribution in [3.8, 4) is 16.9 Å². The number of aromatic amines is 1. The quantitative estimate of drug-likeness (QED) is 0.445. The molecule has 1 fully saturated rings. The molecule has 2 aromatic heterocycles. The number of phenolic OH excluding ortho intramolecular Hbond substituents is 1. The number of alkyl halides is 3. The zero-order chi connectivity index (χ0) is 24.0. The van der Waals surface area contributed by atoms with Gasteiger partial charge in [-0.25, -0.2) is 0 Å². The maximum Gasteiger partial charge on any atom is 0.417 e. The lowest BCUT2D eigenvalue weighted by molar-refractivity contribution is -0.137. The molecule has 0 bridgehead atoms. The van der Waals surface area contributed by atoms with Gasteiger partial charge in [0, 0.05) is 48.1 Å². The average molecular weight is 468 g/mol. The summed E-state index contributed by atoms with van der Waals surface area (Å²) in [4.78, 5) is 15.4. The van der Waals surface area contributed by atoms with Crippen LogP contribution in [0.3, 0.4) is 0 Å². The van der Waals surface area contributed by atoms with Gasteiger partial charge in [-0.1, -0.05) is 6.58 Å². The molecule has 1 aliphatic heterocycles. The van der Waals surface area contributed by atoms with Crippen LogP contribution in [0.15, 0.2) is 49.3 Å². The Morgan fingerprint density at radius 1 is 1.12 bits per heavy atom. The molecule has 0 spiro atoms. The van der Waals surface area contributed by atoms with Gasteiger partial charge in [0.2, 0.25) is 5.91 Å². The molecule has 5 rings (SSSR count). The first kappa shape index (κ1) is 21.7. The molecule has 3 heterocycles. The second-order valence-corrected chi connectivity index (χ2v) is 7.95. The van der Waals surface area contributed by atoms with Gasteiger partial charge in [0.15, 0.2) is 0 Å². The molecule has 0 atom stereocenters. The van der Waals surface area contributed by atoms with Crippen LogP contribution < -0.4 is 4.90 Å². The van der Waals surface area contributed by atoms with Gasteiger partial charge in [0.05, 0.1) is 34.7 Å². The second-order valence-electron chi connectivity index (χ2n) is 7.95. The normalized spacial score (nSPS) is 14.7. The smallest absolute Gasteiger partial charge is 0.417 e. The maximum atomic E-state index is 14.3. The lowest BCUT2D eigenvalue weighted by atomic mass is 9.93. The van der Waals surface area contributed by atoms with Crippen LogP contribution in [0.4, 0.5) is 18.9 Å². The minimum Gasteiger partial charge on any atom is -0.507 e. The van der Waals surface area contributed by atoms with Gasteiger partial charge in [-0.2, -0.15) is 28.5 Å². The summed E-state index contributed by atoms with van der Waals surface area (Å²) >= 11 is 0. The molecule has 1 aliphatic rings. The van der Waals surface area contributed by atoms with Crippen LogP contribution in [-0.2, 0) is 11.0 Å². The number of nitrogens with one attached hydrogen (secondary N) is 1. The predicted molar refractivity (Wildman–Crippen MR) is 120 cm³/mol. The number of rotatable bonds is 3. The number of carbonyl (C=O) groups is 1. The minimum atomic E-state index is -4.70. The summed E-state index contributed by atoms with van der Waals surface area (Å²) in [6.45, 7) is 5.17. The lowest BCUT2D eigenvalue weighted by Gasteiger charge is -2.36. The van der Waals surface area contributed by atoms with Crippen molar-refractivity contribution < 1.29 is 23.1 Å². The highest BCUT2D eigenvalue weighted by molar-refractivity contribution is 6.02. The Morgan fingerprint density at radius 3 is 2.59 bits per heavy atom. The number of benzene rings is 2. The number of aromatic hydroxyl groups is 1. The number of hydrogen-bond acceptors (Lipinski definition) is 6. The Labute approximate surface area is 191 Å². The number of H-pyrrole nitrogens is 1. The number of nitrogens with zero attached hydrogens (tertiary/aromatic N) is 5. The summed E-state index contributed by atoms with van der Waals surface area (Å²) in [5.41, 5.74) is 0.150. The largest absolute Gasteiger partial charge is 0.507 e. The SMILES string of the molecule is C=CC(=O)N1CCN(c2cnnc3cc(-c4c(O)ccc5[nH]ncc45)c(C(F)(F)F)cc23)CC1. The maximum absolute atomic E-state index is 14.3. The topological polar surface area (TPSA) is 98.2 Å². The Balaban J connectivity index is 1.66. The van der Waals surface area contributed by atoms with E-state index in [9.17, 15) is 23.1 Å². The van der Waals surface area contributed by atoms with E-state index in [2.05, 4.69) is 27.0 Å². The highest BCUT2D eigenvalue weighted by atomic mass is 19.4. The van der Waals surface area contributed by atoms with Crippen LogP contribution in [-0.4, -0.2) is 62.5 Å². The molecule has 174 valence electrons. The van der Waals surface area contributed by atoms with E-state index >= 15 is 0 Å². The van der Waals surface area contributed by atoms with Crippen LogP contribution in [0.25, 0.3) is 32.9 Å². The van der Waals surface area contributed by atoms with Crippen molar-refractivity contribution in [3.63, 3.8) is 0 Å². The van der Waals surface area contributed by atoms with Gasteiger partial charge < -0.3 is 14.9 Å². The molecular formula is C23H19F3N6O2. The number of anilines is 1. The van der Waals surface area contributed by atoms with Crippen LogP contribution in [0.5, 0.6) is 5.75 Å². The van der Waals surface area contributed by atoms with Crippen molar-refractivity contribution in [2.45, 2.75) is 6.18 Å². The Morgan fingerprint density at radius 2 is 1.88 bits per heavy atom. The summed E-state index contributed by atoms with van der Waals surface area (Å²) in [6, 6.07) is 5.22. The summed E-state index contributed by atoms with van der Waals surface area (Å²) in [6.07, 6.45) is -0.647. The minimum absolute atomic E-state index is 0.0178. The zero-order valence-electron chi connectivity index (χ0n) is 17.8. The number of amides is 1. The Bertz CT molecular complexity index is 1420. The van der Waals surface area contributed by atoms with Gasteiger partial charge in [-0.15, -0.1) is 0 Å². The summed E-state index contributed by atoms with van der Waals surface area (Å²) in [5, 5.41) is 25.8. The van der Waals surface area contributed by atoms with Gasteiger partial charge in [-0.05, 0) is 30.3 Å². The van der Waals surface area contributed by atoms with Crippen LogP contribution >= 0.6 is 0 Å². The van der Waals surface area contributed by atoms with E-state index in [4.69, 9.17) is 0 Å². The molecular weight excluding hydrogens is 449 g/mol. The van der Waals surface area contributed by atoms with Crippen molar-refractivity contribution in [2.24, 2.45) is 0 Å². The van der Waals surface area contributed by atoms with E-state index < -0.39 is 11.7 Å². The fourth-order valence-electron chi connectivity index (χ4n) is 4.37. The first-order valence-electron chi connectivity index (χ1n) is 10.5. The molecule has 8 nitrogen and oxygen atoms in total. The van der Waals surface area contributed by atoms with Gasteiger partial charge in [0.25, 0.3) is 0 Å². The Hall–Kier alpha value is -4.15. The number of hydrogen-bond donors (Lipinski definition) is 2. The molecule has 11 heteroatoms. The van der Waals surface area contributed by atoms with E-state index in [-0.39, 0.29) is 33.7 Å². The van der Waals surface area contributed by atoms with Crippen LogP contribution in [0.1, 0.15) is 5.56 Å². The number of fused-ring (bicyclic) bond motifs is 2. The van der Waals surface area contributed by atoms with Crippen molar-refractivity contribution in [1.82, 2.24) is 25.3 Å². The number of carbonyl (C=O) groups excluding carboxylic acids is 1. The molecule has 2 aromatic carbocycles. The second kappa shape index (κ2) is 8.01. The Kier molecular flexibility index (Phi) is 5.11. The first-order chi connectivity index (χ1) is 16.3. The highest BCUT2D eigenvalue weighted by Crippen LogP contribution is 2.45. The number of piperazine rings is 1. The van der Waals surface area contributed by atoms with Crippen molar-refractivity contribution in [3.05, 3.63) is 54.9 Å². The van der Waals surface area contributed by atoms with E-state index in [0.29, 0.717) is 42.8 Å². The van der Waals surface area contributed by atoms with Gasteiger partial charge in [-0.3, -0.25) is 9.89 Å². The van der Waals surface area contributed by atoms with Gasteiger partial charge in [0.1, 0.15) is 5.75 Å². The van der Waals surface area contributed by atoms with E-state index in [1.807, 2.05) is 4.90 Å². The molecule has 0 aliphatic carbocycles. The highest BCUT2D eigenvalue weighted by Gasteiger charge is 2.36. The van der Waals surface area contributed by atoms with E-state index in [1.165, 1.54) is 30.6 Å². The third-order valence-electron chi connectivity index (χ3n) is 6.04. The molecule has 2 N–H and O–H groups in total. The monoisotopic (exact) mass is 468 g/mol. The molecule has 0 saturated carbocycles. The summed E-state index contributed by atoms with van der Waals surface area (Å²) in [5.74, 6) is -0.486. The van der Waals surface area contributed by atoms with Crippen molar-refractivity contribution in [2.75, 3.05) is 31.1 Å². The van der Waals surface area contributed by atoms with Crippen LogP contribution in [0.2, 0.25) is 0 Å². The molecule has 34 heavy (non-hydrogen) atoms. The van der Waals surface area contributed by atoms with Crippen molar-refractivity contribution >= 4 is 33.4 Å². The number of aromatic nitrogens is 4. The predicted octanol–water partition coefficient (Wildman–Crippen LogP) is 3.73. The zero-order valence-corrected chi connectivity index (χ0v) is 17.8. The van der Waals surface area contributed by atoms with Crippen molar-refractivity contribution in [1.29, 1.82) is 0 Å². The first-order valence-corrected chi connectivity index (χ1v) is 10.5. The number of phenols is 1. The average Bonchev–Trinajstić information content (AvgIpc) is 3.30. The third-order valence-corrected chi connectivity index (χ3v) is 6.04. The standard InChI is InChI=1S/C23H19F3N6O2/c1-2-21(34)32-7-5-31(6-8-32)19-12-28-30-18-10-13(16(9-14(18)19)23(24,25)26)22-15-11-27-29-17(15)3-4-20(22)33/h2-4,9-12,33H,1,5-8H2,(H,27,29). The van der Waals surface area contributed by atoms with E-state index in [0.717, 1.165) is 6.07 Å². The van der Waals surface area contributed by atoms with E-state index in [1.54, 1.807) is 11.0 Å². The number of halogens is 3. The molecule has 4 aromatic rings. The molecule has 0 unspecified atom stereocenters. The fraction of sp³-hybridized carbons (Fsp3) is 0.217. The molecule has 0 radical (unpaired) electrons. The summed E-state index contributed by atoms with van der Waals surface area (Å²) < 4.78 is 42.8. The third kappa shape index (κ3) is 3.58. The van der Waals surface area contributed by atoms with Crippen LogP contribution in [0, 0.1) is 0 Å².